The molecule has 1 amide bonds. The van der Waals surface area contributed by atoms with E-state index in [2.05, 4.69) is 10.1 Å². The third-order valence-corrected chi connectivity index (χ3v) is 2.39. The van der Waals surface area contributed by atoms with Crippen LogP contribution in [0.3, 0.4) is 0 Å². The van der Waals surface area contributed by atoms with Crippen LogP contribution in [0, 0.1) is 11.7 Å². The van der Waals surface area contributed by atoms with Crippen LogP contribution in [0.1, 0.15) is 6.92 Å². The zero-order valence-electron chi connectivity index (χ0n) is 11.0. The monoisotopic (exact) mass is 330 g/mol. The van der Waals surface area contributed by atoms with E-state index in [4.69, 9.17) is 5.73 Å². The van der Waals surface area contributed by atoms with Crippen LogP contribution in [0.15, 0.2) is 18.2 Å². The Morgan fingerprint density at radius 3 is 2.57 bits per heavy atom. The molecule has 1 aromatic rings. The van der Waals surface area contributed by atoms with Crippen LogP contribution >= 0.6 is 12.4 Å². The van der Waals surface area contributed by atoms with E-state index in [1.54, 1.807) is 6.92 Å². The van der Waals surface area contributed by atoms with Crippen molar-refractivity contribution in [1.29, 1.82) is 0 Å². The number of rotatable bonds is 5. The van der Waals surface area contributed by atoms with Crippen molar-refractivity contribution in [3.63, 3.8) is 0 Å². The van der Waals surface area contributed by atoms with E-state index in [-0.39, 0.29) is 30.4 Å². The van der Waals surface area contributed by atoms with E-state index in [0.717, 1.165) is 18.2 Å². The maximum atomic E-state index is 13.0. The van der Waals surface area contributed by atoms with Crippen molar-refractivity contribution in [3.05, 3.63) is 24.0 Å². The summed E-state index contributed by atoms with van der Waals surface area (Å²) in [4.78, 5) is 11.6. The van der Waals surface area contributed by atoms with Gasteiger partial charge in [-0.05, 0) is 12.1 Å². The van der Waals surface area contributed by atoms with Gasteiger partial charge in [0.05, 0.1) is 5.69 Å². The van der Waals surface area contributed by atoms with Crippen molar-refractivity contribution < 1.29 is 27.1 Å². The molecule has 0 spiro atoms. The molecule has 0 aromatic heterocycles. The van der Waals surface area contributed by atoms with Gasteiger partial charge in [0.25, 0.3) is 0 Å². The molecule has 4 nitrogen and oxygen atoms in total. The summed E-state index contributed by atoms with van der Waals surface area (Å²) in [6, 6.07) is 2.90. The third kappa shape index (κ3) is 6.63. The van der Waals surface area contributed by atoms with Crippen molar-refractivity contribution in [2.45, 2.75) is 13.1 Å². The highest BCUT2D eigenvalue weighted by molar-refractivity contribution is 5.93. The second kappa shape index (κ2) is 8.04. The van der Waals surface area contributed by atoms with Gasteiger partial charge in [0.1, 0.15) is 11.6 Å². The van der Waals surface area contributed by atoms with Gasteiger partial charge in [-0.25, -0.2) is 4.39 Å². The lowest BCUT2D eigenvalue weighted by Crippen LogP contribution is -2.27. The van der Waals surface area contributed by atoms with Crippen molar-refractivity contribution in [3.8, 4) is 5.75 Å². The Bertz CT molecular complexity index is 483. The number of carbonyl (C=O) groups is 1. The van der Waals surface area contributed by atoms with Gasteiger partial charge in [-0.15, -0.1) is 12.4 Å². The first-order valence-electron chi connectivity index (χ1n) is 5.73. The standard InChI is InChI=1S/C12H14F4N2O2.ClH/c1-7(5-17)11(19)18-9-3-2-8(13)4-10(9)20-6-12(14,15)16;/h2-4,7H,5-6,17H2,1H3,(H,18,19);1H. The molecule has 9 heteroatoms. The minimum Gasteiger partial charge on any atom is -0.482 e. The van der Waals surface area contributed by atoms with Crippen LogP contribution in [-0.2, 0) is 4.79 Å². The number of halogens is 5. The molecule has 120 valence electrons. The predicted molar refractivity (Wildman–Crippen MR) is 72.0 cm³/mol. The van der Waals surface area contributed by atoms with E-state index in [1.807, 2.05) is 0 Å². The number of ether oxygens (including phenoxy) is 1. The first kappa shape index (κ1) is 19.5. The average Bonchev–Trinajstić information content (AvgIpc) is 2.36. The van der Waals surface area contributed by atoms with Gasteiger partial charge in [0.2, 0.25) is 5.91 Å². The largest absolute Gasteiger partial charge is 0.482 e. The zero-order valence-corrected chi connectivity index (χ0v) is 11.9. The lowest BCUT2D eigenvalue weighted by molar-refractivity contribution is -0.153. The lowest BCUT2D eigenvalue weighted by atomic mass is 10.1. The van der Waals surface area contributed by atoms with Gasteiger partial charge < -0.3 is 15.8 Å². The Hall–Kier alpha value is -1.54. The summed E-state index contributed by atoms with van der Waals surface area (Å²) in [5.74, 6) is -2.18. The van der Waals surface area contributed by atoms with Crippen LogP contribution in [0.2, 0.25) is 0 Å². The summed E-state index contributed by atoms with van der Waals surface area (Å²) in [7, 11) is 0. The molecule has 1 unspecified atom stereocenters. The summed E-state index contributed by atoms with van der Waals surface area (Å²) in [6.45, 7) is 0.0483. The molecule has 0 heterocycles. The van der Waals surface area contributed by atoms with Gasteiger partial charge in [0, 0.05) is 18.5 Å². The number of amides is 1. The molecule has 21 heavy (non-hydrogen) atoms. The topological polar surface area (TPSA) is 64.4 Å². The normalized spacial score (nSPS) is 12.3. The second-order valence-corrected chi connectivity index (χ2v) is 4.17. The number of nitrogens with two attached hydrogens (primary N) is 1. The highest BCUT2D eigenvalue weighted by atomic mass is 35.5. The maximum absolute atomic E-state index is 13.0. The summed E-state index contributed by atoms with van der Waals surface area (Å²) in [6.07, 6.45) is -4.56. The molecule has 0 saturated carbocycles. The number of benzene rings is 1. The first-order valence-corrected chi connectivity index (χ1v) is 5.73. The molecule has 0 fully saturated rings. The fraction of sp³-hybridized carbons (Fsp3) is 0.417. The van der Waals surface area contributed by atoms with E-state index in [9.17, 15) is 22.4 Å². The van der Waals surface area contributed by atoms with Crippen LogP contribution in [0.4, 0.5) is 23.2 Å². The van der Waals surface area contributed by atoms with E-state index in [1.165, 1.54) is 0 Å². The molecule has 0 radical (unpaired) electrons. The van der Waals surface area contributed by atoms with E-state index in [0.29, 0.717) is 0 Å². The quantitative estimate of drug-likeness (QED) is 0.816. The predicted octanol–water partition coefficient (Wildman–Crippen LogP) is 2.72. The fourth-order valence-corrected chi connectivity index (χ4v) is 1.24. The average molecular weight is 331 g/mol. The SMILES string of the molecule is CC(CN)C(=O)Nc1ccc(F)cc1OCC(F)(F)F.Cl. The van der Waals surface area contributed by atoms with Crippen LogP contribution in [0.25, 0.3) is 0 Å². The Kier molecular flexibility index (Phi) is 7.45. The Labute approximate surface area is 125 Å². The van der Waals surface area contributed by atoms with Crippen molar-refractivity contribution in [2.24, 2.45) is 11.7 Å². The molecule has 1 rings (SSSR count). The number of hydrogen-bond acceptors (Lipinski definition) is 3. The van der Waals surface area contributed by atoms with Gasteiger partial charge in [-0.1, -0.05) is 6.92 Å². The second-order valence-electron chi connectivity index (χ2n) is 4.17. The summed E-state index contributed by atoms with van der Waals surface area (Å²) in [5.41, 5.74) is 5.26. The molecular formula is C12H15ClF4N2O2. The number of hydrogen-bond donors (Lipinski definition) is 2. The highest BCUT2D eigenvalue weighted by Crippen LogP contribution is 2.28. The van der Waals surface area contributed by atoms with Crippen molar-refractivity contribution >= 4 is 24.0 Å². The Morgan fingerprint density at radius 2 is 2.05 bits per heavy atom. The first-order chi connectivity index (χ1) is 9.23. The molecule has 0 bridgehead atoms. The lowest BCUT2D eigenvalue weighted by Gasteiger charge is -2.15. The summed E-state index contributed by atoms with van der Waals surface area (Å²) in [5, 5.41) is 2.35. The minimum absolute atomic E-state index is 0. The molecule has 0 saturated heterocycles. The zero-order chi connectivity index (χ0) is 15.3. The van der Waals surface area contributed by atoms with E-state index < -0.39 is 30.4 Å². The molecule has 3 N–H and O–H groups in total. The highest BCUT2D eigenvalue weighted by Gasteiger charge is 2.29. The van der Waals surface area contributed by atoms with Crippen LogP contribution < -0.4 is 15.8 Å². The van der Waals surface area contributed by atoms with Crippen LogP contribution in [0.5, 0.6) is 5.75 Å². The van der Waals surface area contributed by atoms with Crippen molar-refractivity contribution in [2.75, 3.05) is 18.5 Å². The van der Waals surface area contributed by atoms with Gasteiger partial charge >= 0.3 is 6.18 Å². The van der Waals surface area contributed by atoms with Gasteiger partial charge in [-0.3, -0.25) is 4.79 Å². The molecule has 0 aliphatic carbocycles. The smallest absolute Gasteiger partial charge is 0.422 e. The van der Waals surface area contributed by atoms with Crippen LogP contribution in [-0.4, -0.2) is 25.2 Å². The van der Waals surface area contributed by atoms with Gasteiger partial charge in [0.15, 0.2) is 6.61 Å². The number of alkyl halides is 3. The number of nitrogens with one attached hydrogen (secondary N) is 1. The molecular weight excluding hydrogens is 316 g/mol. The van der Waals surface area contributed by atoms with Gasteiger partial charge in [-0.2, -0.15) is 13.2 Å². The molecule has 1 atom stereocenters. The summed E-state index contributed by atoms with van der Waals surface area (Å²) >= 11 is 0. The van der Waals surface area contributed by atoms with Crippen molar-refractivity contribution in [1.82, 2.24) is 0 Å². The Balaban J connectivity index is 0.00000400. The Morgan fingerprint density at radius 1 is 1.43 bits per heavy atom. The minimum atomic E-state index is -4.56. The molecule has 0 aliphatic heterocycles. The molecule has 0 aliphatic rings. The maximum Gasteiger partial charge on any atom is 0.422 e. The fourth-order valence-electron chi connectivity index (χ4n) is 1.24. The van der Waals surface area contributed by atoms with E-state index >= 15 is 0 Å². The third-order valence-electron chi connectivity index (χ3n) is 2.39. The molecule has 1 aromatic carbocycles. The number of carbonyl (C=O) groups excluding carboxylic acids is 1. The summed E-state index contributed by atoms with van der Waals surface area (Å²) < 4.78 is 53.8. The number of anilines is 1.